The zero-order chi connectivity index (χ0) is 17.5. The SMILES string of the molecule is O=C(C1CN(c2ccnc(C3CC3)n2)CCO1)N1CCc2ccccc21. The fourth-order valence-corrected chi connectivity index (χ4v) is 3.83. The van der Waals surface area contributed by atoms with Crippen LogP contribution in [-0.4, -0.2) is 48.2 Å². The average Bonchev–Trinajstić information content (AvgIpc) is 3.47. The van der Waals surface area contributed by atoms with Crippen molar-refractivity contribution in [3.05, 3.63) is 47.9 Å². The maximum absolute atomic E-state index is 13.1. The lowest BCUT2D eigenvalue weighted by atomic mass is 10.2. The number of anilines is 2. The molecule has 3 aliphatic rings. The topological polar surface area (TPSA) is 58.6 Å². The summed E-state index contributed by atoms with van der Waals surface area (Å²) in [5.74, 6) is 2.42. The molecule has 1 unspecified atom stereocenters. The maximum atomic E-state index is 13.1. The lowest BCUT2D eigenvalue weighted by molar-refractivity contribution is -0.130. The van der Waals surface area contributed by atoms with Crippen LogP contribution in [0, 0.1) is 0 Å². The molecule has 1 saturated heterocycles. The number of amides is 1. The van der Waals surface area contributed by atoms with E-state index in [9.17, 15) is 4.79 Å². The first-order chi connectivity index (χ1) is 12.8. The van der Waals surface area contributed by atoms with Crippen LogP contribution in [0.5, 0.6) is 0 Å². The van der Waals surface area contributed by atoms with Crippen molar-refractivity contribution in [1.82, 2.24) is 9.97 Å². The van der Waals surface area contributed by atoms with Crippen LogP contribution >= 0.6 is 0 Å². The fraction of sp³-hybridized carbons (Fsp3) is 0.450. The molecule has 3 heterocycles. The second-order valence-corrected chi connectivity index (χ2v) is 7.22. The minimum atomic E-state index is -0.450. The number of aromatic nitrogens is 2. The molecule has 2 aromatic rings. The van der Waals surface area contributed by atoms with E-state index < -0.39 is 6.10 Å². The molecular weight excluding hydrogens is 328 g/mol. The molecule has 6 heteroatoms. The molecule has 0 radical (unpaired) electrons. The number of hydrogen-bond acceptors (Lipinski definition) is 5. The van der Waals surface area contributed by atoms with Gasteiger partial charge in [-0.1, -0.05) is 18.2 Å². The van der Waals surface area contributed by atoms with Crippen LogP contribution in [0.3, 0.4) is 0 Å². The van der Waals surface area contributed by atoms with Crippen molar-refractivity contribution in [2.45, 2.75) is 31.3 Å². The van der Waals surface area contributed by atoms with Crippen molar-refractivity contribution in [1.29, 1.82) is 0 Å². The number of carbonyl (C=O) groups excluding carboxylic acids is 1. The lowest BCUT2D eigenvalue weighted by Crippen LogP contribution is -2.51. The van der Waals surface area contributed by atoms with Crippen LogP contribution in [0.1, 0.15) is 30.1 Å². The number of fused-ring (bicyclic) bond motifs is 1. The highest BCUT2D eigenvalue weighted by atomic mass is 16.5. The van der Waals surface area contributed by atoms with Crippen molar-refractivity contribution >= 4 is 17.4 Å². The Morgan fingerprint density at radius 1 is 1.15 bits per heavy atom. The Hall–Kier alpha value is -2.47. The molecule has 26 heavy (non-hydrogen) atoms. The van der Waals surface area contributed by atoms with E-state index in [2.05, 4.69) is 16.0 Å². The third kappa shape index (κ3) is 2.84. The standard InChI is InChI=1S/C20H22N4O2/c25-20(24-10-8-14-3-1-2-4-16(14)24)17-13-23(11-12-26-17)18-7-9-21-19(22-18)15-5-6-15/h1-4,7,9,15,17H,5-6,8,10-13H2. The Balaban J connectivity index is 1.33. The van der Waals surface area contributed by atoms with Gasteiger partial charge in [-0.15, -0.1) is 0 Å². The van der Waals surface area contributed by atoms with Crippen molar-refractivity contribution in [2.75, 3.05) is 36.0 Å². The Kier molecular flexibility index (Phi) is 3.85. The van der Waals surface area contributed by atoms with Crippen molar-refractivity contribution in [3.63, 3.8) is 0 Å². The minimum absolute atomic E-state index is 0.0520. The molecule has 2 fully saturated rings. The van der Waals surface area contributed by atoms with Gasteiger partial charge in [0, 0.05) is 30.9 Å². The summed E-state index contributed by atoms with van der Waals surface area (Å²) in [4.78, 5) is 26.2. The monoisotopic (exact) mass is 350 g/mol. The molecule has 0 bridgehead atoms. The van der Waals surface area contributed by atoms with E-state index in [-0.39, 0.29) is 5.91 Å². The fourth-order valence-electron chi connectivity index (χ4n) is 3.83. The Labute approximate surface area is 152 Å². The smallest absolute Gasteiger partial charge is 0.257 e. The number of hydrogen-bond donors (Lipinski definition) is 0. The molecule has 1 aliphatic carbocycles. The number of carbonyl (C=O) groups is 1. The maximum Gasteiger partial charge on any atom is 0.257 e. The van der Waals surface area contributed by atoms with Crippen LogP contribution < -0.4 is 9.80 Å². The number of rotatable bonds is 3. The molecule has 1 aromatic heterocycles. The van der Waals surface area contributed by atoms with E-state index in [1.54, 1.807) is 0 Å². The molecule has 6 nitrogen and oxygen atoms in total. The van der Waals surface area contributed by atoms with E-state index in [1.165, 1.54) is 18.4 Å². The highest BCUT2D eigenvalue weighted by Crippen LogP contribution is 2.38. The van der Waals surface area contributed by atoms with Crippen molar-refractivity contribution < 1.29 is 9.53 Å². The molecule has 134 valence electrons. The van der Waals surface area contributed by atoms with E-state index in [4.69, 9.17) is 9.72 Å². The number of morpholine rings is 1. The van der Waals surface area contributed by atoms with Gasteiger partial charge in [0.15, 0.2) is 6.10 Å². The lowest BCUT2D eigenvalue weighted by Gasteiger charge is -2.34. The molecular formula is C20H22N4O2. The van der Waals surface area contributed by atoms with Gasteiger partial charge in [0.1, 0.15) is 11.6 Å². The normalized spacial score (nSPS) is 22.4. The van der Waals surface area contributed by atoms with E-state index in [0.29, 0.717) is 19.1 Å². The molecule has 1 aromatic carbocycles. The predicted molar refractivity (Wildman–Crippen MR) is 98.5 cm³/mol. The summed E-state index contributed by atoms with van der Waals surface area (Å²) in [6.45, 7) is 2.56. The highest BCUT2D eigenvalue weighted by molar-refractivity contribution is 5.98. The van der Waals surface area contributed by atoms with Crippen LogP contribution in [-0.2, 0) is 16.0 Å². The minimum Gasteiger partial charge on any atom is -0.365 e. The Bertz CT molecular complexity index is 836. The van der Waals surface area contributed by atoms with Crippen LogP contribution in [0.25, 0.3) is 0 Å². The first-order valence-electron chi connectivity index (χ1n) is 9.38. The quantitative estimate of drug-likeness (QED) is 0.849. The first-order valence-corrected chi connectivity index (χ1v) is 9.38. The number of para-hydroxylation sites is 1. The second-order valence-electron chi connectivity index (χ2n) is 7.22. The van der Waals surface area contributed by atoms with Crippen LogP contribution in [0.2, 0.25) is 0 Å². The van der Waals surface area contributed by atoms with Gasteiger partial charge in [0.05, 0.1) is 13.2 Å². The summed E-state index contributed by atoms with van der Waals surface area (Å²) in [5.41, 5.74) is 2.26. The zero-order valence-electron chi connectivity index (χ0n) is 14.7. The summed E-state index contributed by atoms with van der Waals surface area (Å²) in [6.07, 6.45) is 4.66. The van der Waals surface area contributed by atoms with Gasteiger partial charge in [0.25, 0.3) is 5.91 Å². The average molecular weight is 350 g/mol. The number of nitrogens with zero attached hydrogens (tertiary/aromatic N) is 4. The number of benzene rings is 1. The summed E-state index contributed by atoms with van der Waals surface area (Å²) in [5, 5.41) is 0. The van der Waals surface area contributed by atoms with Gasteiger partial charge in [0.2, 0.25) is 0 Å². The summed E-state index contributed by atoms with van der Waals surface area (Å²) in [7, 11) is 0. The van der Waals surface area contributed by atoms with Gasteiger partial charge < -0.3 is 14.5 Å². The van der Waals surface area contributed by atoms with E-state index >= 15 is 0 Å². The Morgan fingerprint density at radius 3 is 2.92 bits per heavy atom. The van der Waals surface area contributed by atoms with Gasteiger partial charge in [-0.25, -0.2) is 9.97 Å². The van der Waals surface area contributed by atoms with Crippen molar-refractivity contribution in [2.24, 2.45) is 0 Å². The van der Waals surface area contributed by atoms with Gasteiger partial charge >= 0.3 is 0 Å². The third-order valence-electron chi connectivity index (χ3n) is 5.42. The zero-order valence-corrected chi connectivity index (χ0v) is 14.7. The Morgan fingerprint density at radius 2 is 2.04 bits per heavy atom. The molecule has 1 amide bonds. The van der Waals surface area contributed by atoms with E-state index in [0.717, 1.165) is 36.8 Å². The van der Waals surface area contributed by atoms with Gasteiger partial charge in [-0.05, 0) is 37.0 Å². The molecule has 0 spiro atoms. The molecule has 2 aliphatic heterocycles. The second kappa shape index (κ2) is 6.36. The molecule has 1 saturated carbocycles. The summed E-state index contributed by atoms with van der Waals surface area (Å²) < 4.78 is 5.83. The summed E-state index contributed by atoms with van der Waals surface area (Å²) in [6, 6.07) is 10.1. The van der Waals surface area contributed by atoms with Crippen LogP contribution in [0.4, 0.5) is 11.5 Å². The van der Waals surface area contributed by atoms with Gasteiger partial charge in [-0.2, -0.15) is 0 Å². The molecule has 0 N–H and O–H groups in total. The third-order valence-corrected chi connectivity index (χ3v) is 5.42. The first kappa shape index (κ1) is 15.8. The van der Waals surface area contributed by atoms with Crippen LogP contribution in [0.15, 0.2) is 36.5 Å². The predicted octanol–water partition coefficient (Wildman–Crippen LogP) is 2.15. The summed E-state index contributed by atoms with van der Waals surface area (Å²) >= 11 is 0. The van der Waals surface area contributed by atoms with Gasteiger partial charge in [-0.3, -0.25) is 4.79 Å². The highest BCUT2D eigenvalue weighted by Gasteiger charge is 2.34. The molecule has 1 atom stereocenters. The van der Waals surface area contributed by atoms with E-state index in [1.807, 2.05) is 35.4 Å². The molecule has 5 rings (SSSR count). The number of ether oxygens (including phenoxy) is 1. The largest absolute Gasteiger partial charge is 0.365 e. The van der Waals surface area contributed by atoms with Crippen molar-refractivity contribution in [3.8, 4) is 0 Å².